The number of urea groups is 1. The van der Waals surface area contributed by atoms with Crippen molar-refractivity contribution >= 4 is 44.6 Å². The van der Waals surface area contributed by atoms with E-state index in [0.717, 1.165) is 32.6 Å². The molecular weight excluding hydrogens is 492 g/mol. The number of piperidine rings is 1. The Kier molecular flexibility index (Phi) is 6.68. The molecule has 3 aromatic heterocycles. The molecule has 1 aliphatic rings. The van der Waals surface area contributed by atoms with Crippen molar-refractivity contribution in [1.29, 1.82) is 0 Å². The molecule has 1 aliphatic heterocycles. The molecule has 4 aromatic rings. The van der Waals surface area contributed by atoms with E-state index < -0.39 is 11.5 Å². The number of amides is 2. The number of thiazole rings is 1. The summed E-state index contributed by atoms with van der Waals surface area (Å²) >= 11 is 1.39. The molecule has 5 rings (SSSR count). The molecule has 0 bridgehead atoms. The van der Waals surface area contributed by atoms with Crippen LogP contribution in [0.1, 0.15) is 19.8 Å². The number of carboxylic acids is 1. The minimum atomic E-state index is -1.20. The van der Waals surface area contributed by atoms with Crippen LogP contribution in [0.2, 0.25) is 0 Å². The minimum absolute atomic E-state index is 0.307. The van der Waals surface area contributed by atoms with Crippen LogP contribution in [0.3, 0.4) is 0 Å². The third kappa shape index (κ3) is 5.06. The number of benzene rings is 1. The number of rotatable bonds is 6. The van der Waals surface area contributed by atoms with Crippen molar-refractivity contribution in [1.82, 2.24) is 25.3 Å². The van der Waals surface area contributed by atoms with Gasteiger partial charge >= 0.3 is 12.0 Å². The molecule has 1 aromatic carbocycles. The zero-order chi connectivity index (χ0) is 26.0. The number of nitrogens with zero attached hydrogens (tertiary/aromatic N) is 5. The number of nitrogens with one attached hydrogen (secondary N) is 2. The van der Waals surface area contributed by atoms with Crippen molar-refractivity contribution in [2.24, 2.45) is 5.73 Å². The second kappa shape index (κ2) is 10.1. The van der Waals surface area contributed by atoms with Crippen molar-refractivity contribution in [3.63, 3.8) is 0 Å². The molecular formula is C25H26N8O3S. The number of anilines is 2. The lowest BCUT2D eigenvalue weighted by atomic mass is 9.89. The number of fused-ring (bicyclic) bond motifs is 1. The van der Waals surface area contributed by atoms with Crippen LogP contribution >= 0.6 is 11.3 Å². The van der Waals surface area contributed by atoms with Gasteiger partial charge < -0.3 is 21.1 Å². The van der Waals surface area contributed by atoms with Crippen LogP contribution in [0.25, 0.3) is 32.6 Å². The first-order valence-electron chi connectivity index (χ1n) is 11.9. The normalized spacial score (nSPS) is 14.9. The molecule has 4 heterocycles. The van der Waals surface area contributed by atoms with E-state index in [1.54, 1.807) is 18.6 Å². The predicted molar refractivity (Wildman–Crippen MR) is 143 cm³/mol. The maximum absolute atomic E-state index is 12.0. The van der Waals surface area contributed by atoms with Gasteiger partial charge in [-0.25, -0.2) is 19.7 Å². The standard InChI is InChI=1S/C25H26N8O3S/c1-2-27-23(36)32-24-31-19-12-15(11-17(20(19)37-24)18-5-3-4-8-28-18)16-13-29-22(30-14-16)33-9-6-25(26,7-10-33)21(34)35/h3-5,8,11-14H,2,6-7,9-10,26H2,1H3,(H,34,35)(H2,27,31,32,36). The number of aromatic nitrogens is 4. The van der Waals surface area contributed by atoms with Gasteiger partial charge in [0.15, 0.2) is 5.13 Å². The molecule has 5 N–H and O–H groups in total. The van der Waals surface area contributed by atoms with E-state index in [1.165, 1.54) is 11.3 Å². The van der Waals surface area contributed by atoms with Gasteiger partial charge in [-0.05, 0) is 49.6 Å². The van der Waals surface area contributed by atoms with E-state index in [-0.39, 0.29) is 6.03 Å². The Balaban J connectivity index is 1.46. The molecule has 190 valence electrons. The molecule has 12 heteroatoms. The van der Waals surface area contributed by atoms with Gasteiger partial charge in [0.25, 0.3) is 0 Å². The first-order chi connectivity index (χ1) is 17.9. The lowest BCUT2D eigenvalue weighted by Crippen LogP contribution is -2.55. The van der Waals surface area contributed by atoms with Gasteiger partial charge in [-0.15, -0.1) is 0 Å². The van der Waals surface area contributed by atoms with Crippen LogP contribution in [0.15, 0.2) is 48.9 Å². The average molecular weight is 519 g/mol. The number of carbonyl (C=O) groups is 2. The van der Waals surface area contributed by atoms with Crippen LogP contribution in [0.4, 0.5) is 15.9 Å². The topological polar surface area (TPSA) is 159 Å². The van der Waals surface area contributed by atoms with Gasteiger partial charge in [-0.3, -0.25) is 15.1 Å². The van der Waals surface area contributed by atoms with Crippen LogP contribution in [-0.4, -0.2) is 62.2 Å². The predicted octanol–water partition coefficient (Wildman–Crippen LogP) is 3.34. The summed E-state index contributed by atoms with van der Waals surface area (Å²) < 4.78 is 0.906. The summed E-state index contributed by atoms with van der Waals surface area (Å²) in [6.07, 6.45) is 5.88. The van der Waals surface area contributed by atoms with Crippen molar-refractivity contribution in [3.8, 4) is 22.4 Å². The van der Waals surface area contributed by atoms with Crippen molar-refractivity contribution in [3.05, 3.63) is 48.9 Å². The van der Waals surface area contributed by atoms with E-state index in [2.05, 4.69) is 30.6 Å². The first kappa shape index (κ1) is 24.5. The molecule has 0 saturated carbocycles. The Morgan fingerprint density at radius 1 is 1.14 bits per heavy atom. The number of nitrogens with two attached hydrogens (primary N) is 1. The van der Waals surface area contributed by atoms with Gasteiger partial charge in [0, 0.05) is 49.4 Å². The molecule has 0 atom stereocenters. The number of hydrogen-bond acceptors (Lipinski definition) is 9. The van der Waals surface area contributed by atoms with Crippen LogP contribution in [0, 0.1) is 0 Å². The highest BCUT2D eigenvalue weighted by atomic mass is 32.1. The quantitative estimate of drug-likeness (QED) is 0.300. The van der Waals surface area contributed by atoms with Crippen molar-refractivity contribution in [2.75, 3.05) is 29.9 Å². The van der Waals surface area contributed by atoms with E-state index in [0.29, 0.717) is 43.6 Å². The Labute approximate surface area is 216 Å². The molecule has 2 amide bonds. The Morgan fingerprint density at radius 2 is 1.89 bits per heavy atom. The van der Waals surface area contributed by atoms with Gasteiger partial charge in [0.2, 0.25) is 5.95 Å². The van der Waals surface area contributed by atoms with Gasteiger partial charge in [-0.1, -0.05) is 17.4 Å². The SMILES string of the molecule is CCNC(=O)Nc1nc2cc(-c3cnc(N4CCC(N)(C(=O)O)CC4)nc3)cc(-c3ccccn3)c2s1. The number of hydrogen-bond donors (Lipinski definition) is 4. The Morgan fingerprint density at radius 3 is 2.54 bits per heavy atom. The Hall–Kier alpha value is -4.16. The molecule has 0 spiro atoms. The average Bonchev–Trinajstić information content (AvgIpc) is 3.31. The molecule has 0 radical (unpaired) electrons. The molecule has 0 aliphatic carbocycles. The summed E-state index contributed by atoms with van der Waals surface area (Å²) in [6.45, 7) is 3.31. The van der Waals surface area contributed by atoms with E-state index in [9.17, 15) is 14.7 Å². The fourth-order valence-corrected chi connectivity index (χ4v) is 5.18. The van der Waals surface area contributed by atoms with Crippen LogP contribution in [0.5, 0.6) is 0 Å². The largest absolute Gasteiger partial charge is 0.480 e. The molecule has 1 saturated heterocycles. The first-order valence-corrected chi connectivity index (χ1v) is 12.7. The van der Waals surface area contributed by atoms with E-state index in [1.807, 2.05) is 42.2 Å². The summed E-state index contributed by atoms with van der Waals surface area (Å²) in [5.41, 5.74) is 8.85. The summed E-state index contributed by atoms with van der Waals surface area (Å²) in [6, 6.07) is 9.37. The summed E-state index contributed by atoms with van der Waals surface area (Å²) in [7, 11) is 0. The highest BCUT2D eigenvalue weighted by Gasteiger charge is 2.38. The highest BCUT2D eigenvalue weighted by Crippen LogP contribution is 2.38. The lowest BCUT2D eigenvalue weighted by molar-refractivity contribution is -0.144. The maximum Gasteiger partial charge on any atom is 0.323 e. The summed E-state index contributed by atoms with van der Waals surface area (Å²) in [5, 5.41) is 15.3. The zero-order valence-corrected chi connectivity index (χ0v) is 21.0. The van der Waals surface area contributed by atoms with Gasteiger partial charge in [0.1, 0.15) is 5.54 Å². The zero-order valence-electron chi connectivity index (χ0n) is 20.1. The third-order valence-corrected chi connectivity index (χ3v) is 7.34. The van der Waals surface area contributed by atoms with Crippen molar-refractivity contribution < 1.29 is 14.7 Å². The number of carbonyl (C=O) groups excluding carboxylic acids is 1. The molecule has 37 heavy (non-hydrogen) atoms. The second-order valence-corrected chi connectivity index (χ2v) is 9.81. The maximum atomic E-state index is 12.0. The smallest absolute Gasteiger partial charge is 0.323 e. The monoisotopic (exact) mass is 518 g/mol. The fraction of sp³-hybridized carbons (Fsp3) is 0.280. The van der Waals surface area contributed by atoms with Crippen LogP contribution in [-0.2, 0) is 4.79 Å². The second-order valence-electron chi connectivity index (χ2n) is 8.81. The van der Waals surface area contributed by atoms with Gasteiger partial charge in [0.05, 0.1) is 15.9 Å². The number of aliphatic carboxylic acids is 1. The third-order valence-electron chi connectivity index (χ3n) is 6.32. The van der Waals surface area contributed by atoms with Crippen molar-refractivity contribution in [2.45, 2.75) is 25.3 Å². The fourth-order valence-electron chi connectivity index (χ4n) is 4.22. The summed E-state index contributed by atoms with van der Waals surface area (Å²) in [5.74, 6) is -0.446. The van der Waals surface area contributed by atoms with Crippen LogP contribution < -0.4 is 21.3 Å². The lowest BCUT2D eigenvalue weighted by Gasteiger charge is -2.36. The molecule has 11 nitrogen and oxygen atoms in total. The number of carboxylic acid groups (broad SMARTS) is 1. The van der Waals surface area contributed by atoms with Gasteiger partial charge in [-0.2, -0.15) is 0 Å². The van der Waals surface area contributed by atoms with E-state index in [4.69, 9.17) is 5.73 Å². The number of pyridine rings is 1. The molecule has 0 unspecified atom stereocenters. The Bertz CT molecular complexity index is 1430. The highest BCUT2D eigenvalue weighted by molar-refractivity contribution is 7.22. The molecule has 1 fully saturated rings. The minimum Gasteiger partial charge on any atom is -0.480 e. The summed E-state index contributed by atoms with van der Waals surface area (Å²) in [4.78, 5) is 43.7. The van der Waals surface area contributed by atoms with E-state index >= 15 is 0 Å².